The van der Waals surface area contributed by atoms with Crippen molar-refractivity contribution < 1.29 is 14.6 Å². The largest absolute Gasteiger partial charge is 0.392 e. The van der Waals surface area contributed by atoms with Crippen LogP contribution in [0.4, 0.5) is 0 Å². The summed E-state index contributed by atoms with van der Waals surface area (Å²) in [6, 6.07) is 0.101. The number of carbonyl (C=O) groups is 1. The van der Waals surface area contributed by atoms with Crippen LogP contribution in [0, 0.1) is 5.92 Å². The molecule has 0 aromatic heterocycles. The number of rotatable bonds is 5. The third-order valence-electron chi connectivity index (χ3n) is 2.46. The van der Waals surface area contributed by atoms with Crippen molar-refractivity contribution in [3.8, 4) is 0 Å². The van der Waals surface area contributed by atoms with Gasteiger partial charge in [-0.25, -0.2) is 0 Å². The Balaban J connectivity index is 2.36. The van der Waals surface area contributed by atoms with Crippen LogP contribution in [-0.2, 0) is 9.53 Å². The summed E-state index contributed by atoms with van der Waals surface area (Å²) in [6.07, 6.45) is -0.506. The Bertz CT molecular complexity index is 209. The summed E-state index contributed by atoms with van der Waals surface area (Å²) < 4.78 is 5.26. The molecule has 2 unspecified atom stereocenters. The molecule has 88 valence electrons. The second kappa shape index (κ2) is 6.05. The van der Waals surface area contributed by atoms with Gasteiger partial charge in [0.25, 0.3) is 0 Å². The van der Waals surface area contributed by atoms with Gasteiger partial charge in [-0.15, -0.1) is 0 Å². The maximum absolute atomic E-state index is 11.7. The first-order valence-corrected chi connectivity index (χ1v) is 5.42. The number of likely N-dealkylation sites (N-methyl/N-ethyl adjacent to an activating group) is 1. The van der Waals surface area contributed by atoms with Gasteiger partial charge in [0.1, 0.15) is 0 Å². The Morgan fingerprint density at radius 1 is 1.60 bits per heavy atom. The summed E-state index contributed by atoms with van der Waals surface area (Å²) in [5.74, 6) is -0.178. The van der Waals surface area contributed by atoms with Crippen LogP contribution in [0.5, 0.6) is 0 Å². The fraction of sp³-hybridized carbons (Fsp3) is 0.900. The molecule has 0 spiro atoms. The first-order chi connectivity index (χ1) is 7.15. The van der Waals surface area contributed by atoms with Crippen molar-refractivity contribution in [1.29, 1.82) is 0 Å². The van der Waals surface area contributed by atoms with Crippen LogP contribution in [-0.4, -0.2) is 49.5 Å². The molecule has 1 aliphatic rings. The van der Waals surface area contributed by atoms with Crippen molar-refractivity contribution in [1.82, 2.24) is 10.6 Å². The van der Waals surface area contributed by atoms with Crippen LogP contribution in [0.1, 0.15) is 13.8 Å². The van der Waals surface area contributed by atoms with E-state index in [1.165, 1.54) is 0 Å². The quantitative estimate of drug-likeness (QED) is 0.557. The molecule has 5 nitrogen and oxygen atoms in total. The second-order valence-corrected chi connectivity index (χ2v) is 3.90. The molecular weight excluding hydrogens is 196 g/mol. The monoisotopic (exact) mass is 216 g/mol. The van der Waals surface area contributed by atoms with Crippen LogP contribution in [0.25, 0.3) is 0 Å². The molecule has 1 fully saturated rings. The van der Waals surface area contributed by atoms with Gasteiger partial charge in [-0.05, 0) is 13.5 Å². The summed E-state index contributed by atoms with van der Waals surface area (Å²) in [7, 11) is 0. The van der Waals surface area contributed by atoms with Crippen molar-refractivity contribution in [2.45, 2.75) is 26.0 Å². The second-order valence-electron chi connectivity index (χ2n) is 3.90. The van der Waals surface area contributed by atoms with Crippen LogP contribution >= 0.6 is 0 Å². The standard InChI is InChI=1S/C10H20N2O3/c1-3-11-9-6-15-5-8(9)10(14)12-4-7(2)13/h7-9,11,13H,3-6H2,1-2H3,(H,12,14)/t7-,8?,9?/m0/s1. The zero-order valence-electron chi connectivity index (χ0n) is 9.32. The van der Waals surface area contributed by atoms with E-state index in [1.54, 1.807) is 6.92 Å². The van der Waals surface area contributed by atoms with Crippen LogP contribution < -0.4 is 10.6 Å². The third kappa shape index (κ3) is 3.77. The normalized spacial score (nSPS) is 27.7. The predicted molar refractivity (Wildman–Crippen MR) is 56.5 cm³/mol. The highest BCUT2D eigenvalue weighted by molar-refractivity contribution is 5.79. The molecule has 0 radical (unpaired) electrons. The van der Waals surface area contributed by atoms with E-state index in [9.17, 15) is 4.79 Å². The Labute approximate surface area is 90.2 Å². The zero-order valence-corrected chi connectivity index (χ0v) is 9.32. The van der Waals surface area contributed by atoms with Gasteiger partial charge in [0, 0.05) is 12.6 Å². The lowest BCUT2D eigenvalue weighted by Crippen LogP contribution is -2.45. The van der Waals surface area contributed by atoms with Gasteiger partial charge in [0.2, 0.25) is 5.91 Å². The van der Waals surface area contributed by atoms with Crippen molar-refractivity contribution in [2.75, 3.05) is 26.3 Å². The van der Waals surface area contributed by atoms with Gasteiger partial charge in [-0.2, -0.15) is 0 Å². The number of aliphatic hydroxyl groups excluding tert-OH is 1. The maximum atomic E-state index is 11.7. The Hall–Kier alpha value is -0.650. The van der Waals surface area contributed by atoms with E-state index < -0.39 is 6.10 Å². The van der Waals surface area contributed by atoms with E-state index in [1.807, 2.05) is 6.92 Å². The van der Waals surface area contributed by atoms with Crippen molar-refractivity contribution >= 4 is 5.91 Å². The van der Waals surface area contributed by atoms with Crippen LogP contribution in [0.3, 0.4) is 0 Å². The van der Waals surface area contributed by atoms with Crippen molar-refractivity contribution in [3.05, 3.63) is 0 Å². The summed E-state index contributed by atoms with van der Waals surface area (Å²) in [6.45, 7) is 5.82. The van der Waals surface area contributed by atoms with E-state index in [4.69, 9.17) is 9.84 Å². The highest BCUT2D eigenvalue weighted by Crippen LogP contribution is 2.13. The average molecular weight is 216 g/mol. The van der Waals surface area contributed by atoms with Gasteiger partial charge in [-0.1, -0.05) is 6.92 Å². The number of carbonyl (C=O) groups excluding carboxylic acids is 1. The minimum atomic E-state index is -0.506. The van der Waals surface area contributed by atoms with E-state index in [0.717, 1.165) is 6.54 Å². The number of nitrogens with one attached hydrogen (secondary N) is 2. The molecule has 1 rings (SSSR count). The smallest absolute Gasteiger partial charge is 0.227 e. The highest BCUT2D eigenvalue weighted by atomic mass is 16.5. The van der Waals surface area contributed by atoms with Gasteiger partial charge in [0.15, 0.2) is 0 Å². The van der Waals surface area contributed by atoms with Gasteiger partial charge in [0.05, 0.1) is 25.2 Å². The summed E-state index contributed by atoms with van der Waals surface area (Å²) >= 11 is 0. The first-order valence-electron chi connectivity index (χ1n) is 5.42. The molecule has 1 aliphatic heterocycles. The highest BCUT2D eigenvalue weighted by Gasteiger charge is 2.33. The fourth-order valence-electron chi connectivity index (χ4n) is 1.66. The molecule has 1 saturated heterocycles. The predicted octanol–water partition coefficient (Wildman–Crippen LogP) is -0.892. The maximum Gasteiger partial charge on any atom is 0.227 e. The molecule has 0 aromatic carbocycles. The van der Waals surface area contributed by atoms with E-state index in [-0.39, 0.29) is 17.9 Å². The number of ether oxygens (including phenoxy) is 1. The summed E-state index contributed by atoms with van der Waals surface area (Å²) in [4.78, 5) is 11.7. The molecule has 0 aromatic rings. The molecular formula is C10H20N2O3. The van der Waals surface area contributed by atoms with Gasteiger partial charge >= 0.3 is 0 Å². The Morgan fingerprint density at radius 2 is 2.33 bits per heavy atom. The SMILES string of the molecule is CCNC1COCC1C(=O)NC[C@H](C)O. The molecule has 0 aliphatic carbocycles. The molecule has 1 heterocycles. The number of hydrogen-bond acceptors (Lipinski definition) is 4. The molecule has 3 N–H and O–H groups in total. The minimum absolute atomic E-state index is 0.0423. The molecule has 15 heavy (non-hydrogen) atoms. The number of amides is 1. The molecule has 5 heteroatoms. The van der Waals surface area contributed by atoms with Gasteiger partial charge < -0.3 is 20.5 Å². The minimum Gasteiger partial charge on any atom is -0.392 e. The Kier molecular flexibility index (Phi) is 5.01. The van der Waals surface area contributed by atoms with Gasteiger partial charge in [-0.3, -0.25) is 4.79 Å². The van der Waals surface area contributed by atoms with E-state index in [2.05, 4.69) is 10.6 Å². The molecule has 1 amide bonds. The fourth-order valence-corrected chi connectivity index (χ4v) is 1.66. The molecule has 0 saturated carbocycles. The van der Waals surface area contributed by atoms with Crippen LogP contribution in [0.2, 0.25) is 0 Å². The number of aliphatic hydroxyl groups is 1. The molecule has 3 atom stereocenters. The topological polar surface area (TPSA) is 70.6 Å². The lowest BCUT2D eigenvalue weighted by atomic mass is 10.0. The zero-order chi connectivity index (χ0) is 11.3. The lowest BCUT2D eigenvalue weighted by molar-refractivity contribution is -0.125. The summed E-state index contributed by atoms with van der Waals surface area (Å²) in [5, 5.41) is 15.0. The average Bonchev–Trinajstić information content (AvgIpc) is 2.63. The summed E-state index contributed by atoms with van der Waals surface area (Å²) in [5.41, 5.74) is 0. The van der Waals surface area contributed by atoms with Crippen molar-refractivity contribution in [3.63, 3.8) is 0 Å². The molecule has 0 bridgehead atoms. The van der Waals surface area contributed by atoms with E-state index in [0.29, 0.717) is 19.8 Å². The van der Waals surface area contributed by atoms with Crippen molar-refractivity contribution in [2.24, 2.45) is 5.92 Å². The van der Waals surface area contributed by atoms with Crippen LogP contribution in [0.15, 0.2) is 0 Å². The van der Waals surface area contributed by atoms with E-state index >= 15 is 0 Å². The number of hydrogen-bond donors (Lipinski definition) is 3. The first kappa shape index (κ1) is 12.4. The lowest BCUT2D eigenvalue weighted by Gasteiger charge is -2.18. The third-order valence-corrected chi connectivity index (χ3v) is 2.46. The Morgan fingerprint density at radius 3 is 2.93 bits per heavy atom.